The topological polar surface area (TPSA) is 61.5 Å². The second-order valence-electron chi connectivity index (χ2n) is 6.73. The van der Waals surface area contributed by atoms with Crippen molar-refractivity contribution in [2.24, 2.45) is 0 Å². The maximum absolute atomic E-state index is 12.5. The summed E-state index contributed by atoms with van der Waals surface area (Å²) in [6.45, 7) is 6.36. The van der Waals surface area contributed by atoms with Crippen molar-refractivity contribution < 1.29 is 9.53 Å². The first-order valence-electron chi connectivity index (χ1n) is 9.15. The summed E-state index contributed by atoms with van der Waals surface area (Å²) in [7, 11) is 0. The first kappa shape index (κ1) is 18.4. The minimum absolute atomic E-state index is 0.0836. The minimum atomic E-state index is 0.0836. The fourth-order valence-electron chi connectivity index (χ4n) is 3.31. The van der Waals surface area contributed by atoms with E-state index < -0.39 is 0 Å². The van der Waals surface area contributed by atoms with E-state index in [1.54, 1.807) is 0 Å². The Kier molecular flexibility index (Phi) is 6.51. The highest BCUT2D eigenvalue weighted by molar-refractivity contribution is 6.30. The molecule has 1 fully saturated rings. The number of aromatic nitrogens is 2. The Morgan fingerprint density at radius 1 is 1.44 bits per heavy atom. The zero-order valence-electron chi connectivity index (χ0n) is 14.8. The van der Waals surface area contributed by atoms with Gasteiger partial charge in [-0.2, -0.15) is 0 Å². The van der Waals surface area contributed by atoms with Crippen molar-refractivity contribution in [2.75, 3.05) is 32.8 Å². The summed E-state index contributed by atoms with van der Waals surface area (Å²) in [5, 5.41) is 0.548. The summed E-state index contributed by atoms with van der Waals surface area (Å²) in [6.07, 6.45) is 7.71. The molecule has 1 saturated heterocycles. The summed E-state index contributed by atoms with van der Waals surface area (Å²) in [4.78, 5) is 24.4. The van der Waals surface area contributed by atoms with E-state index in [4.69, 9.17) is 16.3 Å². The average Bonchev–Trinajstić information content (AvgIpc) is 3.25. The van der Waals surface area contributed by atoms with E-state index in [1.165, 1.54) is 0 Å². The van der Waals surface area contributed by atoms with Crippen LogP contribution in [-0.4, -0.2) is 64.6 Å². The average molecular weight is 367 g/mol. The first-order chi connectivity index (χ1) is 12.2. The number of aromatic amines is 1. The summed E-state index contributed by atoms with van der Waals surface area (Å²) in [6, 6.07) is 0.0836. The molecule has 3 heterocycles. The number of nitrogens with one attached hydrogen (secondary N) is 1. The van der Waals surface area contributed by atoms with Gasteiger partial charge in [-0.15, -0.1) is 0 Å². The highest BCUT2D eigenvalue weighted by Gasteiger charge is 2.28. The van der Waals surface area contributed by atoms with Crippen molar-refractivity contribution in [3.05, 3.63) is 28.8 Å². The number of hydrogen-bond donors (Lipinski definition) is 1. The molecule has 1 amide bonds. The summed E-state index contributed by atoms with van der Waals surface area (Å²) >= 11 is 6.32. The molecule has 0 aliphatic carbocycles. The van der Waals surface area contributed by atoms with Crippen molar-refractivity contribution >= 4 is 17.5 Å². The molecule has 0 unspecified atom stereocenters. The van der Waals surface area contributed by atoms with E-state index in [0.717, 1.165) is 50.4 Å². The lowest BCUT2D eigenvalue weighted by Gasteiger charge is -2.35. The van der Waals surface area contributed by atoms with Gasteiger partial charge in [0, 0.05) is 45.1 Å². The molecule has 7 heteroatoms. The Hall–Kier alpha value is -1.37. The highest BCUT2D eigenvalue weighted by atomic mass is 35.5. The fraction of sp³-hybridized carbons (Fsp3) is 0.667. The number of aryl methyl sites for hydroxylation is 1. The van der Waals surface area contributed by atoms with Gasteiger partial charge in [0.25, 0.3) is 0 Å². The molecule has 25 heavy (non-hydrogen) atoms. The van der Waals surface area contributed by atoms with Gasteiger partial charge in [0.15, 0.2) is 5.15 Å². The molecule has 2 aliphatic rings. The molecule has 0 spiro atoms. The summed E-state index contributed by atoms with van der Waals surface area (Å²) < 4.78 is 5.62. The van der Waals surface area contributed by atoms with Gasteiger partial charge in [-0.25, -0.2) is 4.98 Å². The van der Waals surface area contributed by atoms with Crippen LogP contribution in [0, 0.1) is 0 Å². The summed E-state index contributed by atoms with van der Waals surface area (Å²) in [5.41, 5.74) is 0.940. The lowest BCUT2D eigenvalue weighted by atomic mass is 10.1. The molecule has 6 nitrogen and oxygen atoms in total. The number of halogens is 1. The number of amides is 1. The van der Waals surface area contributed by atoms with Gasteiger partial charge in [-0.05, 0) is 6.42 Å². The number of imidazole rings is 1. The molecular formula is C18H27ClN4O2. The van der Waals surface area contributed by atoms with Crippen LogP contribution in [0.25, 0.3) is 0 Å². The quantitative estimate of drug-likeness (QED) is 0.753. The number of hydrogen-bond acceptors (Lipinski definition) is 4. The second kappa shape index (κ2) is 8.83. The van der Waals surface area contributed by atoms with Gasteiger partial charge >= 0.3 is 0 Å². The molecule has 138 valence electrons. The summed E-state index contributed by atoms with van der Waals surface area (Å²) in [5.74, 6) is 1.13. The first-order valence-corrected chi connectivity index (χ1v) is 9.53. The van der Waals surface area contributed by atoms with Crippen molar-refractivity contribution in [3.63, 3.8) is 0 Å². The van der Waals surface area contributed by atoms with Crippen LogP contribution in [-0.2, 0) is 22.5 Å². The third kappa shape index (κ3) is 4.84. The van der Waals surface area contributed by atoms with E-state index in [1.807, 2.05) is 17.1 Å². The third-order valence-corrected chi connectivity index (χ3v) is 5.15. The van der Waals surface area contributed by atoms with Crippen molar-refractivity contribution in [1.29, 1.82) is 0 Å². The van der Waals surface area contributed by atoms with E-state index >= 15 is 0 Å². The number of ether oxygens (including phenoxy) is 1. The Bertz CT molecular complexity index is 608. The lowest BCUT2D eigenvalue weighted by Crippen LogP contribution is -2.47. The van der Waals surface area contributed by atoms with Gasteiger partial charge in [-0.3, -0.25) is 9.69 Å². The van der Waals surface area contributed by atoms with E-state index in [2.05, 4.69) is 21.8 Å². The molecule has 0 saturated carbocycles. The largest absolute Gasteiger partial charge is 0.378 e. The van der Waals surface area contributed by atoms with Crippen LogP contribution in [0.15, 0.2) is 12.2 Å². The van der Waals surface area contributed by atoms with Crippen LogP contribution in [0.4, 0.5) is 0 Å². The maximum Gasteiger partial charge on any atom is 0.224 e. The van der Waals surface area contributed by atoms with Gasteiger partial charge in [0.05, 0.1) is 18.9 Å². The predicted molar refractivity (Wildman–Crippen MR) is 97.6 cm³/mol. The number of nitrogens with zero attached hydrogens (tertiary/aromatic N) is 3. The molecule has 3 rings (SSSR count). The van der Waals surface area contributed by atoms with Gasteiger partial charge in [-0.1, -0.05) is 37.1 Å². The minimum Gasteiger partial charge on any atom is -0.378 e. The van der Waals surface area contributed by atoms with E-state index in [-0.39, 0.29) is 11.9 Å². The Morgan fingerprint density at radius 2 is 2.24 bits per heavy atom. The number of rotatable bonds is 7. The van der Waals surface area contributed by atoms with Crippen LogP contribution < -0.4 is 0 Å². The van der Waals surface area contributed by atoms with Crippen molar-refractivity contribution in [2.45, 2.75) is 45.2 Å². The molecule has 0 aromatic carbocycles. The zero-order valence-corrected chi connectivity index (χ0v) is 15.6. The van der Waals surface area contributed by atoms with Gasteiger partial charge in [0.2, 0.25) is 5.91 Å². The smallest absolute Gasteiger partial charge is 0.224 e. The monoisotopic (exact) mass is 366 g/mol. The maximum atomic E-state index is 12.5. The fourth-order valence-corrected chi connectivity index (χ4v) is 3.52. The van der Waals surface area contributed by atoms with Gasteiger partial charge in [0.1, 0.15) is 5.82 Å². The molecule has 1 N–H and O–H groups in total. The number of H-pyrrole nitrogens is 1. The van der Waals surface area contributed by atoms with Crippen LogP contribution in [0.1, 0.15) is 37.7 Å². The molecule has 1 atom stereocenters. The normalized spacial score (nSPS) is 21.2. The highest BCUT2D eigenvalue weighted by Crippen LogP contribution is 2.21. The van der Waals surface area contributed by atoms with E-state index in [0.29, 0.717) is 31.3 Å². The number of unbranched alkanes of at least 4 members (excludes halogenated alkanes) is 1. The lowest BCUT2D eigenvalue weighted by molar-refractivity contribution is -0.133. The third-order valence-electron chi connectivity index (χ3n) is 4.84. The SMILES string of the molecule is CCCCc1nc(Cl)c(CN2CCOC[C@@H]2CC(=O)N2CC=CC2)[nH]1. The number of morpholine rings is 1. The molecule has 1 aromatic heterocycles. The molecular weight excluding hydrogens is 340 g/mol. The second-order valence-corrected chi connectivity index (χ2v) is 7.09. The molecule has 2 aliphatic heterocycles. The molecule has 0 bridgehead atoms. The van der Waals surface area contributed by atoms with Crippen molar-refractivity contribution in [3.8, 4) is 0 Å². The van der Waals surface area contributed by atoms with Crippen LogP contribution in [0.5, 0.6) is 0 Å². The predicted octanol–water partition coefficient (Wildman–Crippen LogP) is 2.39. The standard InChI is InChI=1S/C18H27ClN4O2/c1-2-3-6-16-20-15(18(19)21-16)12-23-9-10-25-13-14(23)11-17(24)22-7-4-5-8-22/h4-5,14H,2-3,6-13H2,1H3,(H,20,21)/t14-/m0/s1. The van der Waals surface area contributed by atoms with Crippen LogP contribution in [0.3, 0.4) is 0 Å². The Labute approximate surface area is 154 Å². The van der Waals surface area contributed by atoms with Gasteiger partial charge < -0.3 is 14.6 Å². The Morgan fingerprint density at radius 3 is 3.00 bits per heavy atom. The number of carbonyl (C=O) groups excluding carboxylic acids is 1. The zero-order chi connectivity index (χ0) is 17.6. The molecule has 0 radical (unpaired) electrons. The number of carbonyl (C=O) groups is 1. The van der Waals surface area contributed by atoms with Crippen LogP contribution in [0.2, 0.25) is 5.15 Å². The van der Waals surface area contributed by atoms with E-state index in [9.17, 15) is 4.79 Å². The van der Waals surface area contributed by atoms with Crippen molar-refractivity contribution in [1.82, 2.24) is 19.8 Å². The van der Waals surface area contributed by atoms with Crippen LogP contribution >= 0.6 is 11.6 Å². The Balaban J connectivity index is 1.60. The molecule has 1 aromatic rings.